The molecule has 2 aliphatic rings. The van der Waals surface area contributed by atoms with Crippen molar-refractivity contribution in [2.75, 3.05) is 26.2 Å². The molecule has 1 aromatic heterocycles. The molecule has 0 spiro atoms. The summed E-state index contributed by atoms with van der Waals surface area (Å²) in [4.78, 5) is 10.9. The number of nitrogens with one attached hydrogen (secondary N) is 2. The van der Waals surface area contributed by atoms with Crippen molar-refractivity contribution in [3.05, 3.63) is 17.2 Å². The van der Waals surface area contributed by atoms with E-state index < -0.39 is 0 Å². The predicted octanol–water partition coefficient (Wildman–Crippen LogP) is 1.25. The van der Waals surface area contributed by atoms with Crippen LogP contribution in [0.4, 0.5) is 0 Å². The molecule has 94 valence electrons. The number of likely N-dealkylation sites (N-methyl/N-ethyl adjacent to an activating group) is 1. The van der Waals surface area contributed by atoms with E-state index in [9.17, 15) is 0 Å². The van der Waals surface area contributed by atoms with Crippen molar-refractivity contribution in [3.8, 4) is 0 Å². The Labute approximate surface area is 103 Å². The Hall–Kier alpha value is -0.870. The summed E-state index contributed by atoms with van der Waals surface area (Å²) in [7, 11) is 0. The molecule has 0 aliphatic carbocycles. The minimum absolute atomic E-state index is 0.620. The molecule has 0 aromatic carbocycles. The van der Waals surface area contributed by atoms with Gasteiger partial charge in [0.2, 0.25) is 0 Å². The van der Waals surface area contributed by atoms with Crippen molar-refractivity contribution < 1.29 is 0 Å². The van der Waals surface area contributed by atoms with Gasteiger partial charge in [-0.1, -0.05) is 6.92 Å². The fourth-order valence-corrected chi connectivity index (χ4v) is 3.00. The zero-order chi connectivity index (χ0) is 11.7. The molecule has 3 rings (SSSR count). The van der Waals surface area contributed by atoms with Crippen molar-refractivity contribution in [2.45, 2.75) is 38.6 Å². The summed E-state index contributed by atoms with van der Waals surface area (Å²) in [5.74, 6) is 1.85. The van der Waals surface area contributed by atoms with Crippen molar-refractivity contribution in [1.82, 2.24) is 20.2 Å². The summed E-state index contributed by atoms with van der Waals surface area (Å²) in [6, 6.07) is 0. The van der Waals surface area contributed by atoms with Gasteiger partial charge in [-0.15, -0.1) is 0 Å². The highest BCUT2D eigenvalue weighted by atomic mass is 15.1. The summed E-state index contributed by atoms with van der Waals surface area (Å²) < 4.78 is 0. The number of nitrogens with zero attached hydrogens (tertiary/aromatic N) is 2. The maximum absolute atomic E-state index is 4.82. The molecule has 2 aliphatic heterocycles. The van der Waals surface area contributed by atoms with E-state index in [1.807, 2.05) is 0 Å². The smallest absolute Gasteiger partial charge is 0.111 e. The Morgan fingerprint density at radius 3 is 3.24 bits per heavy atom. The highest BCUT2D eigenvalue weighted by Crippen LogP contribution is 2.26. The number of likely N-dealkylation sites (tertiary alicyclic amines) is 1. The molecule has 4 heteroatoms. The lowest BCUT2D eigenvalue weighted by molar-refractivity contribution is 0.214. The summed E-state index contributed by atoms with van der Waals surface area (Å²) >= 11 is 0. The van der Waals surface area contributed by atoms with Crippen molar-refractivity contribution in [2.24, 2.45) is 0 Å². The fourth-order valence-electron chi connectivity index (χ4n) is 3.00. The van der Waals surface area contributed by atoms with Crippen LogP contribution in [0.3, 0.4) is 0 Å². The van der Waals surface area contributed by atoms with Gasteiger partial charge in [0.1, 0.15) is 5.82 Å². The van der Waals surface area contributed by atoms with Crippen LogP contribution in [0.1, 0.15) is 42.9 Å². The standard InChI is InChI=1S/C13H22N4/c1-2-17-7-3-4-10(9-17)13-15-11-5-6-14-8-12(11)16-13/h10,14H,2-9H2,1H3,(H,15,16). The van der Waals surface area contributed by atoms with Gasteiger partial charge >= 0.3 is 0 Å². The van der Waals surface area contributed by atoms with Gasteiger partial charge in [0.25, 0.3) is 0 Å². The summed E-state index contributed by atoms with van der Waals surface area (Å²) in [6.45, 7) is 7.89. The molecule has 1 unspecified atom stereocenters. The van der Waals surface area contributed by atoms with Gasteiger partial charge < -0.3 is 15.2 Å². The molecule has 0 bridgehead atoms. The van der Waals surface area contributed by atoms with Crippen LogP contribution in [0.2, 0.25) is 0 Å². The highest BCUT2D eigenvalue weighted by Gasteiger charge is 2.24. The van der Waals surface area contributed by atoms with Crippen LogP contribution in [0.25, 0.3) is 0 Å². The normalized spacial score (nSPS) is 25.8. The van der Waals surface area contributed by atoms with Gasteiger partial charge in [0, 0.05) is 32.0 Å². The van der Waals surface area contributed by atoms with E-state index >= 15 is 0 Å². The zero-order valence-corrected chi connectivity index (χ0v) is 10.6. The van der Waals surface area contributed by atoms with E-state index in [1.54, 1.807) is 0 Å². The number of hydrogen-bond acceptors (Lipinski definition) is 3. The monoisotopic (exact) mass is 234 g/mol. The highest BCUT2D eigenvalue weighted by molar-refractivity contribution is 5.19. The lowest BCUT2D eigenvalue weighted by atomic mass is 9.97. The van der Waals surface area contributed by atoms with Crippen molar-refractivity contribution >= 4 is 0 Å². The van der Waals surface area contributed by atoms with Gasteiger partial charge in [-0.2, -0.15) is 0 Å². The minimum Gasteiger partial charge on any atom is -0.344 e. The summed E-state index contributed by atoms with van der Waals surface area (Å²) in [5.41, 5.74) is 2.62. The summed E-state index contributed by atoms with van der Waals surface area (Å²) in [5, 5.41) is 3.40. The number of H-pyrrole nitrogens is 1. The number of fused-ring (bicyclic) bond motifs is 1. The number of rotatable bonds is 2. The third-order valence-electron chi connectivity index (χ3n) is 4.06. The zero-order valence-electron chi connectivity index (χ0n) is 10.6. The second-order valence-corrected chi connectivity index (χ2v) is 5.21. The first-order valence-corrected chi connectivity index (χ1v) is 6.87. The largest absolute Gasteiger partial charge is 0.344 e. The van der Waals surface area contributed by atoms with Crippen LogP contribution in [-0.4, -0.2) is 41.0 Å². The molecule has 0 saturated carbocycles. The Bertz CT molecular complexity index is 361. The lowest BCUT2D eigenvalue weighted by Gasteiger charge is -2.30. The minimum atomic E-state index is 0.620. The first-order valence-electron chi connectivity index (χ1n) is 6.87. The third-order valence-corrected chi connectivity index (χ3v) is 4.06. The Kier molecular flexibility index (Phi) is 3.16. The number of hydrogen-bond donors (Lipinski definition) is 2. The van der Waals surface area contributed by atoms with Gasteiger partial charge in [0.15, 0.2) is 0 Å². The van der Waals surface area contributed by atoms with Crippen LogP contribution in [-0.2, 0) is 13.0 Å². The molecule has 0 radical (unpaired) electrons. The van der Waals surface area contributed by atoms with E-state index in [4.69, 9.17) is 4.98 Å². The first kappa shape index (κ1) is 11.2. The Morgan fingerprint density at radius 1 is 1.47 bits per heavy atom. The molecule has 3 heterocycles. The molecule has 1 fully saturated rings. The van der Waals surface area contributed by atoms with Gasteiger partial charge in [-0.05, 0) is 25.9 Å². The topological polar surface area (TPSA) is 44.0 Å². The maximum atomic E-state index is 4.82. The molecule has 1 saturated heterocycles. The Morgan fingerprint density at radius 2 is 2.41 bits per heavy atom. The maximum Gasteiger partial charge on any atom is 0.111 e. The molecular formula is C13H22N4. The number of piperidine rings is 1. The third kappa shape index (κ3) is 2.24. The molecule has 4 nitrogen and oxygen atoms in total. The van der Waals surface area contributed by atoms with Crippen LogP contribution in [0, 0.1) is 0 Å². The predicted molar refractivity (Wildman–Crippen MR) is 68.1 cm³/mol. The molecule has 2 N–H and O–H groups in total. The average Bonchev–Trinajstić information content (AvgIpc) is 2.82. The van der Waals surface area contributed by atoms with E-state index in [1.165, 1.54) is 49.7 Å². The molecule has 0 amide bonds. The second-order valence-electron chi connectivity index (χ2n) is 5.21. The SMILES string of the molecule is CCN1CCCC(c2nc3c([nH]2)CNCC3)C1. The first-order chi connectivity index (χ1) is 8.36. The van der Waals surface area contributed by atoms with E-state index in [-0.39, 0.29) is 0 Å². The van der Waals surface area contributed by atoms with Crippen LogP contribution < -0.4 is 5.32 Å². The summed E-state index contributed by atoms with van der Waals surface area (Å²) in [6.07, 6.45) is 3.68. The van der Waals surface area contributed by atoms with Crippen molar-refractivity contribution in [1.29, 1.82) is 0 Å². The average molecular weight is 234 g/mol. The Balaban J connectivity index is 1.76. The van der Waals surface area contributed by atoms with Crippen LogP contribution in [0.5, 0.6) is 0 Å². The quantitative estimate of drug-likeness (QED) is 0.809. The van der Waals surface area contributed by atoms with Crippen molar-refractivity contribution in [3.63, 3.8) is 0 Å². The molecule has 1 atom stereocenters. The fraction of sp³-hybridized carbons (Fsp3) is 0.769. The second kappa shape index (κ2) is 4.78. The van der Waals surface area contributed by atoms with Gasteiger partial charge in [-0.3, -0.25) is 0 Å². The van der Waals surface area contributed by atoms with Crippen LogP contribution in [0.15, 0.2) is 0 Å². The molecule has 1 aromatic rings. The number of aromatic nitrogens is 2. The molecular weight excluding hydrogens is 212 g/mol. The molecule has 17 heavy (non-hydrogen) atoms. The number of aromatic amines is 1. The van der Waals surface area contributed by atoms with Gasteiger partial charge in [-0.25, -0.2) is 4.98 Å². The lowest BCUT2D eigenvalue weighted by Crippen LogP contribution is -2.34. The van der Waals surface area contributed by atoms with Crippen LogP contribution >= 0.6 is 0 Å². The number of imidazole rings is 1. The van der Waals surface area contributed by atoms with E-state index in [0.717, 1.165) is 19.5 Å². The van der Waals surface area contributed by atoms with E-state index in [0.29, 0.717) is 5.92 Å². The van der Waals surface area contributed by atoms with Gasteiger partial charge in [0.05, 0.1) is 11.4 Å². The van der Waals surface area contributed by atoms with E-state index in [2.05, 4.69) is 22.1 Å².